The smallest absolute Gasteiger partial charge is 0.411 e. The Hall–Kier alpha value is -1.85. The molecule has 2 atom stereocenters. The van der Waals surface area contributed by atoms with Crippen molar-refractivity contribution in [3.63, 3.8) is 0 Å². The van der Waals surface area contributed by atoms with Gasteiger partial charge >= 0.3 is 6.18 Å². The molecule has 1 aliphatic heterocycles. The molecular weight excluding hydrogens is 425 g/mol. The number of carbonyl (C=O) groups is 1. The van der Waals surface area contributed by atoms with Gasteiger partial charge in [0.05, 0.1) is 13.7 Å². The third-order valence-electron chi connectivity index (χ3n) is 4.77. The molecule has 1 amide bonds. The van der Waals surface area contributed by atoms with Crippen LogP contribution in [0.3, 0.4) is 0 Å². The first-order chi connectivity index (χ1) is 14.0. The van der Waals surface area contributed by atoms with Gasteiger partial charge in [-0.05, 0) is 44.9 Å². The predicted molar refractivity (Wildman–Crippen MR) is 104 cm³/mol. The summed E-state index contributed by atoms with van der Waals surface area (Å²) in [5.41, 5.74) is 0.0571. The number of piperidine rings is 1. The molecule has 1 N–H and O–H groups in total. The highest BCUT2D eigenvalue weighted by Gasteiger charge is 2.34. The third kappa shape index (κ3) is 6.32. The molecule has 1 saturated heterocycles. The summed E-state index contributed by atoms with van der Waals surface area (Å²) in [5.74, 6) is -0.505. The number of alkyl halides is 3. The molecule has 7 nitrogen and oxygen atoms in total. The Morgan fingerprint density at radius 2 is 2.03 bits per heavy atom. The molecule has 1 heterocycles. The van der Waals surface area contributed by atoms with Crippen molar-refractivity contribution < 1.29 is 35.9 Å². The number of nitrogens with zero attached hydrogens (tertiary/aromatic N) is 1. The molecule has 0 aromatic heterocycles. The van der Waals surface area contributed by atoms with Crippen LogP contribution in [0.15, 0.2) is 23.1 Å². The standard InChI is InChI=1S/C19H27F3N2O5S/c1-13(11-29-12-19(20,21)22)23-18(25)15-7-8-16(28-3)17(10-15)30(26,27)24-9-5-4-6-14(24)2/h7-8,10,13-14H,4-6,9,11-12H2,1-3H3,(H,23,25). The number of ether oxygens (including phenoxy) is 2. The predicted octanol–water partition coefficient (Wildman–Crippen LogP) is 2.96. The van der Waals surface area contributed by atoms with E-state index in [9.17, 15) is 26.4 Å². The summed E-state index contributed by atoms with van der Waals surface area (Å²) < 4.78 is 74.0. The van der Waals surface area contributed by atoms with Crippen LogP contribution in [-0.4, -0.2) is 63.8 Å². The Morgan fingerprint density at radius 3 is 2.63 bits per heavy atom. The first kappa shape index (κ1) is 24.4. The average molecular weight is 452 g/mol. The van der Waals surface area contributed by atoms with Gasteiger partial charge in [0.15, 0.2) is 0 Å². The molecule has 2 unspecified atom stereocenters. The Kier molecular flexibility index (Phi) is 8.12. The van der Waals surface area contributed by atoms with E-state index in [4.69, 9.17) is 4.74 Å². The van der Waals surface area contributed by atoms with Crippen molar-refractivity contribution in [2.45, 2.75) is 56.3 Å². The largest absolute Gasteiger partial charge is 0.495 e. The lowest BCUT2D eigenvalue weighted by atomic mass is 10.1. The summed E-state index contributed by atoms with van der Waals surface area (Å²) in [5, 5.41) is 2.51. The van der Waals surface area contributed by atoms with Gasteiger partial charge < -0.3 is 14.8 Å². The molecule has 0 spiro atoms. The van der Waals surface area contributed by atoms with Gasteiger partial charge in [-0.2, -0.15) is 17.5 Å². The SMILES string of the molecule is COc1ccc(C(=O)NC(C)COCC(F)(F)F)cc1S(=O)(=O)N1CCCCC1C. The molecule has 2 rings (SSSR count). The maximum atomic E-state index is 13.2. The van der Waals surface area contributed by atoms with Gasteiger partial charge in [-0.1, -0.05) is 6.42 Å². The fraction of sp³-hybridized carbons (Fsp3) is 0.632. The van der Waals surface area contributed by atoms with Crippen LogP contribution in [0.5, 0.6) is 5.75 Å². The van der Waals surface area contributed by atoms with E-state index in [-0.39, 0.29) is 28.9 Å². The van der Waals surface area contributed by atoms with Crippen molar-refractivity contribution in [2.75, 3.05) is 26.9 Å². The van der Waals surface area contributed by atoms with E-state index in [1.54, 1.807) is 0 Å². The zero-order chi connectivity index (χ0) is 22.5. The van der Waals surface area contributed by atoms with Crippen LogP contribution in [0.2, 0.25) is 0 Å². The lowest BCUT2D eigenvalue weighted by Crippen LogP contribution is -2.42. The molecule has 0 aliphatic carbocycles. The second kappa shape index (κ2) is 9.97. The van der Waals surface area contributed by atoms with Crippen LogP contribution < -0.4 is 10.1 Å². The number of nitrogens with one attached hydrogen (secondary N) is 1. The average Bonchev–Trinajstić information content (AvgIpc) is 2.66. The second-order valence-corrected chi connectivity index (χ2v) is 9.19. The zero-order valence-electron chi connectivity index (χ0n) is 17.2. The van der Waals surface area contributed by atoms with E-state index in [0.717, 1.165) is 19.3 Å². The molecule has 170 valence electrons. The summed E-state index contributed by atoms with van der Waals surface area (Å²) in [4.78, 5) is 12.4. The maximum absolute atomic E-state index is 13.2. The van der Waals surface area contributed by atoms with Crippen LogP contribution in [0.4, 0.5) is 13.2 Å². The van der Waals surface area contributed by atoms with E-state index < -0.39 is 34.8 Å². The third-order valence-corrected chi connectivity index (χ3v) is 6.80. The number of rotatable bonds is 8. The second-order valence-electron chi connectivity index (χ2n) is 7.33. The first-order valence-corrected chi connectivity index (χ1v) is 11.0. The van der Waals surface area contributed by atoms with Gasteiger partial charge in [0.1, 0.15) is 17.3 Å². The van der Waals surface area contributed by atoms with E-state index in [2.05, 4.69) is 10.1 Å². The van der Waals surface area contributed by atoms with E-state index in [0.29, 0.717) is 6.54 Å². The number of methoxy groups -OCH3 is 1. The summed E-state index contributed by atoms with van der Waals surface area (Å²) in [6.45, 7) is 1.97. The van der Waals surface area contributed by atoms with Gasteiger partial charge in [0.25, 0.3) is 5.91 Å². The van der Waals surface area contributed by atoms with Gasteiger partial charge in [-0.15, -0.1) is 0 Å². The normalized spacial score (nSPS) is 19.3. The highest BCUT2D eigenvalue weighted by atomic mass is 32.2. The highest BCUT2D eigenvalue weighted by molar-refractivity contribution is 7.89. The number of carbonyl (C=O) groups excluding carboxylic acids is 1. The summed E-state index contributed by atoms with van der Waals surface area (Å²) in [6, 6.07) is 3.15. The quantitative estimate of drug-likeness (QED) is 0.656. The zero-order valence-corrected chi connectivity index (χ0v) is 18.0. The van der Waals surface area contributed by atoms with Crippen molar-refractivity contribution in [3.05, 3.63) is 23.8 Å². The summed E-state index contributed by atoms with van der Waals surface area (Å²) >= 11 is 0. The van der Waals surface area contributed by atoms with Crippen molar-refractivity contribution in [2.24, 2.45) is 0 Å². The number of halogens is 3. The summed E-state index contributed by atoms with van der Waals surface area (Å²) in [6.07, 6.45) is -2.01. The van der Waals surface area contributed by atoms with Crippen LogP contribution in [0, 0.1) is 0 Å². The first-order valence-electron chi connectivity index (χ1n) is 9.61. The molecule has 0 bridgehead atoms. The van der Waals surface area contributed by atoms with Crippen molar-refractivity contribution in [3.8, 4) is 5.75 Å². The molecule has 11 heteroatoms. The summed E-state index contributed by atoms with van der Waals surface area (Å²) in [7, 11) is -2.55. The molecule has 0 saturated carbocycles. The minimum Gasteiger partial charge on any atom is -0.495 e. The molecule has 1 aliphatic rings. The molecule has 0 radical (unpaired) electrons. The van der Waals surface area contributed by atoms with E-state index in [1.165, 1.54) is 36.5 Å². The van der Waals surface area contributed by atoms with Crippen LogP contribution in [-0.2, 0) is 14.8 Å². The van der Waals surface area contributed by atoms with Crippen LogP contribution in [0.1, 0.15) is 43.5 Å². The van der Waals surface area contributed by atoms with Crippen molar-refractivity contribution >= 4 is 15.9 Å². The van der Waals surface area contributed by atoms with E-state index >= 15 is 0 Å². The van der Waals surface area contributed by atoms with Gasteiger partial charge in [-0.3, -0.25) is 4.79 Å². The fourth-order valence-electron chi connectivity index (χ4n) is 3.27. The highest BCUT2D eigenvalue weighted by Crippen LogP contribution is 2.31. The molecule has 1 aromatic rings. The van der Waals surface area contributed by atoms with E-state index in [1.807, 2.05) is 6.92 Å². The van der Waals surface area contributed by atoms with Gasteiger partial charge in [0.2, 0.25) is 10.0 Å². The monoisotopic (exact) mass is 452 g/mol. The van der Waals surface area contributed by atoms with Crippen molar-refractivity contribution in [1.82, 2.24) is 9.62 Å². The lowest BCUT2D eigenvalue weighted by molar-refractivity contribution is -0.174. The molecule has 1 aromatic carbocycles. The number of benzene rings is 1. The van der Waals surface area contributed by atoms with Crippen LogP contribution >= 0.6 is 0 Å². The lowest BCUT2D eigenvalue weighted by Gasteiger charge is -2.32. The fourth-order valence-corrected chi connectivity index (χ4v) is 5.16. The number of sulfonamides is 1. The van der Waals surface area contributed by atoms with Gasteiger partial charge in [0, 0.05) is 24.2 Å². The molecular formula is C19H27F3N2O5S. The van der Waals surface area contributed by atoms with Crippen LogP contribution in [0.25, 0.3) is 0 Å². The van der Waals surface area contributed by atoms with Gasteiger partial charge in [-0.25, -0.2) is 8.42 Å². The Morgan fingerprint density at radius 1 is 1.33 bits per heavy atom. The Labute approximate surface area is 174 Å². The molecule has 30 heavy (non-hydrogen) atoms. The maximum Gasteiger partial charge on any atom is 0.411 e. The number of hydrogen-bond acceptors (Lipinski definition) is 5. The van der Waals surface area contributed by atoms with Crippen molar-refractivity contribution in [1.29, 1.82) is 0 Å². The minimum absolute atomic E-state index is 0.0571. The minimum atomic E-state index is -4.45. The number of hydrogen-bond donors (Lipinski definition) is 1. The Bertz CT molecular complexity index is 845. The molecule has 1 fully saturated rings. The Balaban J connectivity index is 2.18. The number of amides is 1. The topological polar surface area (TPSA) is 84.9 Å².